The van der Waals surface area contributed by atoms with Crippen LogP contribution in [0.2, 0.25) is 5.02 Å². The van der Waals surface area contributed by atoms with Crippen molar-refractivity contribution in [3.63, 3.8) is 0 Å². The van der Waals surface area contributed by atoms with Crippen molar-refractivity contribution < 1.29 is 13.6 Å². The van der Waals surface area contributed by atoms with E-state index in [1.807, 2.05) is 0 Å². The fourth-order valence-electron chi connectivity index (χ4n) is 1.95. The first-order chi connectivity index (χ1) is 12.0. The first kappa shape index (κ1) is 17.8. The molecule has 0 spiro atoms. The van der Waals surface area contributed by atoms with Crippen LogP contribution < -0.4 is 5.32 Å². The number of nitrogens with zero attached hydrogens (tertiary/aromatic N) is 2. The van der Waals surface area contributed by atoms with Crippen molar-refractivity contribution >= 4 is 45.7 Å². The van der Waals surface area contributed by atoms with Gasteiger partial charge in [-0.05, 0) is 23.8 Å². The predicted octanol–water partition coefficient (Wildman–Crippen LogP) is 5.01. The van der Waals surface area contributed by atoms with Crippen molar-refractivity contribution in [3.05, 3.63) is 70.2 Å². The van der Waals surface area contributed by atoms with Crippen LogP contribution in [-0.4, -0.2) is 16.1 Å². The number of carbonyl (C=O) groups is 1. The Kier molecular flexibility index (Phi) is 5.62. The lowest BCUT2D eigenvalue weighted by Gasteiger charge is -2.04. The number of amides is 1. The number of anilines is 1. The molecule has 1 aromatic heterocycles. The van der Waals surface area contributed by atoms with Crippen molar-refractivity contribution in [2.24, 2.45) is 0 Å². The van der Waals surface area contributed by atoms with E-state index in [0.29, 0.717) is 15.7 Å². The molecule has 1 amide bonds. The van der Waals surface area contributed by atoms with Crippen LogP contribution in [-0.2, 0) is 5.75 Å². The lowest BCUT2D eigenvalue weighted by Crippen LogP contribution is -2.14. The molecule has 1 N–H and O–H groups in total. The van der Waals surface area contributed by atoms with E-state index in [9.17, 15) is 13.6 Å². The summed E-state index contributed by atoms with van der Waals surface area (Å²) in [4.78, 5) is 12.1. The zero-order chi connectivity index (χ0) is 17.8. The van der Waals surface area contributed by atoms with Gasteiger partial charge in [0.1, 0.15) is 11.6 Å². The summed E-state index contributed by atoms with van der Waals surface area (Å²) in [5.41, 5.74) is 0.298. The molecule has 3 rings (SSSR count). The third-order valence-corrected chi connectivity index (χ3v) is 5.46. The summed E-state index contributed by atoms with van der Waals surface area (Å²) < 4.78 is 27.9. The Morgan fingerprint density at radius 3 is 2.64 bits per heavy atom. The van der Waals surface area contributed by atoms with Gasteiger partial charge in [-0.15, -0.1) is 10.2 Å². The van der Waals surface area contributed by atoms with Crippen LogP contribution in [0.3, 0.4) is 0 Å². The number of hydrogen-bond acceptors (Lipinski definition) is 5. The van der Waals surface area contributed by atoms with Gasteiger partial charge in [-0.1, -0.05) is 59.0 Å². The Labute approximate surface area is 155 Å². The van der Waals surface area contributed by atoms with Crippen LogP contribution in [0, 0.1) is 11.6 Å². The van der Waals surface area contributed by atoms with Gasteiger partial charge in [0.25, 0.3) is 5.91 Å². The highest BCUT2D eigenvalue weighted by Gasteiger charge is 2.17. The lowest BCUT2D eigenvalue weighted by molar-refractivity contribution is 0.102. The van der Waals surface area contributed by atoms with Crippen LogP contribution in [0.5, 0.6) is 0 Å². The molecule has 25 heavy (non-hydrogen) atoms. The SMILES string of the molecule is O=C(Nc1nnc(SCc2ccccc2F)s1)c1c(F)cccc1Cl. The third-order valence-electron chi connectivity index (χ3n) is 3.13. The molecule has 0 fully saturated rings. The Morgan fingerprint density at radius 1 is 1.12 bits per heavy atom. The van der Waals surface area contributed by atoms with E-state index in [0.717, 1.165) is 17.4 Å². The smallest absolute Gasteiger partial charge is 0.261 e. The summed E-state index contributed by atoms with van der Waals surface area (Å²) >= 11 is 8.26. The minimum absolute atomic E-state index is 0.0103. The van der Waals surface area contributed by atoms with Gasteiger partial charge in [-0.3, -0.25) is 10.1 Å². The summed E-state index contributed by atoms with van der Waals surface area (Å²) in [5.74, 6) is -1.33. The molecule has 0 saturated heterocycles. The molecule has 0 aliphatic rings. The summed E-state index contributed by atoms with van der Waals surface area (Å²) in [6.07, 6.45) is 0. The number of thioether (sulfide) groups is 1. The molecular formula is C16H10ClF2N3OS2. The zero-order valence-corrected chi connectivity index (χ0v) is 14.9. The molecular weight excluding hydrogens is 388 g/mol. The van der Waals surface area contributed by atoms with Crippen LogP contribution in [0.1, 0.15) is 15.9 Å². The highest BCUT2D eigenvalue weighted by Crippen LogP contribution is 2.29. The number of aromatic nitrogens is 2. The summed E-state index contributed by atoms with van der Waals surface area (Å²) in [5, 5.41) is 10.4. The Morgan fingerprint density at radius 2 is 1.88 bits per heavy atom. The van der Waals surface area contributed by atoms with Crippen LogP contribution in [0.4, 0.5) is 13.9 Å². The molecule has 0 aliphatic carbocycles. The molecule has 2 aromatic carbocycles. The highest BCUT2D eigenvalue weighted by atomic mass is 35.5. The third kappa shape index (κ3) is 4.33. The number of rotatable bonds is 5. The average molecular weight is 398 g/mol. The van der Waals surface area contributed by atoms with E-state index in [4.69, 9.17) is 11.6 Å². The first-order valence-corrected chi connectivity index (χ1v) is 9.17. The number of benzene rings is 2. The minimum Gasteiger partial charge on any atom is -0.296 e. The van der Waals surface area contributed by atoms with Gasteiger partial charge in [-0.25, -0.2) is 8.78 Å². The highest BCUT2D eigenvalue weighted by molar-refractivity contribution is 8.00. The van der Waals surface area contributed by atoms with Crippen molar-refractivity contribution in [2.75, 3.05) is 5.32 Å². The van der Waals surface area contributed by atoms with Crippen molar-refractivity contribution in [1.82, 2.24) is 10.2 Å². The van der Waals surface area contributed by atoms with Crippen LogP contribution >= 0.6 is 34.7 Å². The van der Waals surface area contributed by atoms with Gasteiger partial charge >= 0.3 is 0 Å². The van der Waals surface area contributed by atoms with Gasteiger partial charge in [0, 0.05) is 5.75 Å². The molecule has 4 nitrogen and oxygen atoms in total. The van der Waals surface area contributed by atoms with Gasteiger partial charge in [-0.2, -0.15) is 0 Å². The topological polar surface area (TPSA) is 54.9 Å². The maximum Gasteiger partial charge on any atom is 0.261 e. The van der Waals surface area contributed by atoms with Gasteiger partial charge in [0.05, 0.1) is 10.6 Å². The molecule has 0 bridgehead atoms. The monoisotopic (exact) mass is 397 g/mol. The fraction of sp³-hybridized carbons (Fsp3) is 0.0625. The van der Waals surface area contributed by atoms with Gasteiger partial charge < -0.3 is 0 Å². The van der Waals surface area contributed by atoms with E-state index in [2.05, 4.69) is 15.5 Å². The quantitative estimate of drug-likeness (QED) is 0.485. The number of nitrogens with one attached hydrogen (secondary N) is 1. The molecule has 128 valence electrons. The Hall–Kier alpha value is -2.03. The minimum atomic E-state index is -0.719. The molecule has 0 radical (unpaired) electrons. The van der Waals surface area contributed by atoms with Crippen molar-refractivity contribution in [2.45, 2.75) is 10.1 Å². The van der Waals surface area contributed by atoms with E-state index in [-0.39, 0.29) is 21.5 Å². The van der Waals surface area contributed by atoms with Crippen LogP contribution in [0.15, 0.2) is 46.8 Å². The van der Waals surface area contributed by atoms with Gasteiger partial charge in [0.2, 0.25) is 5.13 Å². The van der Waals surface area contributed by atoms with Gasteiger partial charge in [0.15, 0.2) is 4.34 Å². The van der Waals surface area contributed by atoms with Crippen LogP contribution in [0.25, 0.3) is 0 Å². The molecule has 9 heteroatoms. The molecule has 0 atom stereocenters. The molecule has 0 aliphatic heterocycles. The molecule has 0 saturated carbocycles. The summed E-state index contributed by atoms with van der Waals surface area (Å²) in [6, 6.07) is 10.4. The maximum atomic E-state index is 13.7. The molecule has 1 heterocycles. The Balaban J connectivity index is 1.66. The second-order valence-electron chi connectivity index (χ2n) is 4.80. The number of hydrogen-bond donors (Lipinski definition) is 1. The van der Waals surface area contributed by atoms with Crippen molar-refractivity contribution in [1.29, 1.82) is 0 Å². The normalized spacial score (nSPS) is 10.7. The summed E-state index contributed by atoms with van der Waals surface area (Å²) in [7, 11) is 0. The van der Waals surface area contributed by atoms with Crippen molar-refractivity contribution in [3.8, 4) is 0 Å². The summed E-state index contributed by atoms with van der Waals surface area (Å²) in [6.45, 7) is 0. The lowest BCUT2D eigenvalue weighted by atomic mass is 10.2. The zero-order valence-electron chi connectivity index (χ0n) is 12.5. The largest absolute Gasteiger partial charge is 0.296 e. The molecule has 0 unspecified atom stereocenters. The van der Waals surface area contributed by atoms with E-state index in [1.54, 1.807) is 18.2 Å². The standard InChI is InChI=1S/C16H10ClF2N3OS2/c17-10-5-3-7-12(19)13(10)14(23)20-15-21-22-16(25-15)24-8-9-4-1-2-6-11(9)18/h1-7H,8H2,(H,20,21,23). The van der Waals surface area contributed by atoms with E-state index in [1.165, 1.54) is 30.0 Å². The predicted molar refractivity (Wildman–Crippen MR) is 95.2 cm³/mol. The average Bonchev–Trinajstić information content (AvgIpc) is 3.01. The second-order valence-corrected chi connectivity index (χ2v) is 7.41. The van der Waals surface area contributed by atoms with E-state index >= 15 is 0 Å². The first-order valence-electron chi connectivity index (χ1n) is 6.99. The maximum absolute atomic E-state index is 13.7. The molecule has 3 aromatic rings. The Bertz CT molecular complexity index is 900. The fourth-order valence-corrected chi connectivity index (χ4v) is 3.93. The number of halogens is 3. The second kappa shape index (κ2) is 7.90. The van der Waals surface area contributed by atoms with E-state index < -0.39 is 11.7 Å². The number of carbonyl (C=O) groups excluding carboxylic acids is 1.